The summed E-state index contributed by atoms with van der Waals surface area (Å²) in [6.45, 7) is 3.53. The van der Waals surface area contributed by atoms with E-state index in [2.05, 4.69) is 22.9 Å². The van der Waals surface area contributed by atoms with E-state index in [1.54, 1.807) is 0 Å². The van der Waals surface area contributed by atoms with Crippen LogP contribution < -0.4 is 4.90 Å². The van der Waals surface area contributed by atoms with Gasteiger partial charge < -0.3 is 15.0 Å². The topological polar surface area (TPSA) is 56.3 Å². The molecule has 0 atom stereocenters. The number of hydrogen-bond donors (Lipinski definition) is 2. The highest BCUT2D eigenvalue weighted by Gasteiger charge is 2.08. The van der Waals surface area contributed by atoms with Crippen molar-refractivity contribution in [2.75, 3.05) is 18.0 Å². The standard InChI is InChI=1S/C14H18N2O2/c1-2-8-16(9-6-14(17)18)12-3-4-13-11(10-12)5-7-15-13/h3-5,7,10,15H,2,6,8-9H2,1H3,(H,17,18). The van der Waals surface area contributed by atoms with Crippen molar-refractivity contribution in [3.63, 3.8) is 0 Å². The number of carboxylic acids is 1. The van der Waals surface area contributed by atoms with Crippen LogP contribution in [-0.4, -0.2) is 29.1 Å². The highest BCUT2D eigenvalue weighted by molar-refractivity contribution is 5.83. The molecule has 0 fully saturated rings. The van der Waals surface area contributed by atoms with Crippen molar-refractivity contribution in [3.8, 4) is 0 Å². The van der Waals surface area contributed by atoms with Crippen molar-refractivity contribution >= 4 is 22.6 Å². The Labute approximate surface area is 106 Å². The Kier molecular flexibility index (Phi) is 3.87. The van der Waals surface area contributed by atoms with Crippen LogP contribution in [-0.2, 0) is 4.79 Å². The van der Waals surface area contributed by atoms with Gasteiger partial charge in [-0.25, -0.2) is 0 Å². The molecule has 4 heteroatoms. The highest BCUT2D eigenvalue weighted by Crippen LogP contribution is 2.21. The average Bonchev–Trinajstić information content (AvgIpc) is 2.81. The molecule has 0 aliphatic carbocycles. The van der Waals surface area contributed by atoms with Crippen molar-refractivity contribution in [1.29, 1.82) is 0 Å². The predicted octanol–water partition coefficient (Wildman–Crippen LogP) is 2.86. The molecule has 0 saturated heterocycles. The third-order valence-corrected chi connectivity index (χ3v) is 2.99. The largest absolute Gasteiger partial charge is 0.481 e. The summed E-state index contributed by atoms with van der Waals surface area (Å²) in [5.74, 6) is -0.751. The SMILES string of the molecule is CCCN(CCC(=O)O)c1ccc2[nH]ccc2c1. The molecule has 0 amide bonds. The van der Waals surface area contributed by atoms with E-state index in [9.17, 15) is 4.79 Å². The van der Waals surface area contributed by atoms with E-state index in [0.717, 1.165) is 29.6 Å². The summed E-state index contributed by atoms with van der Waals surface area (Å²) >= 11 is 0. The number of nitrogens with zero attached hydrogens (tertiary/aromatic N) is 1. The van der Waals surface area contributed by atoms with Crippen LogP contribution in [0.25, 0.3) is 10.9 Å². The smallest absolute Gasteiger partial charge is 0.305 e. The number of carbonyl (C=O) groups is 1. The predicted molar refractivity (Wildman–Crippen MR) is 73.1 cm³/mol. The van der Waals surface area contributed by atoms with Crippen molar-refractivity contribution in [1.82, 2.24) is 4.98 Å². The Bertz CT molecular complexity index is 533. The molecule has 0 bridgehead atoms. The Balaban J connectivity index is 2.19. The zero-order valence-corrected chi connectivity index (χ0v) is 10.5. The van der Waals surface area contributed by atoms with E-state index in [0.29, 0.717) is 6.54 Å². The maximum atomic E-state index is 10.7. The lowest BCUT2D eigenvalue weighted by Crippen LogP contribution is -2.26. The van der Waals surface area contributed by atoms with Gasteiger partial charge in [-0.3, -0.25) is 4.79 Å². The van der Waals surface area contributed by atoms with Gasteiger partial charge >= 0.3 is 5.97 Å². The zero-order chi connectivity index (χ0) is 13.0. The molecule has 1 aromatic carbocycles. The van der Waals surface area contributed by atoms with Gasteiger partial charge in [-0.05, 0) is 30.7 Å². The number of H-pyrrole nitrogens is 1. The molecule has 0 aliphatic heterocycles. The van der Waals surface area contributed by atoms with E-state index < -0.39 is 5.97 Å². The van der Waals surface area contributed by atoms with Crippen molar-refractivity contribution in [2.24, 2.45) is 0 Å². The van der Waals surface area contributed by atoms with Gasteiger partial charge in [-0.2, -0.15) is 0 Å². The molecule has 4 nitrogen and oxygen atoms in total. The number of benzene rings is 1. The molecular formula is C14H18N2O2. The Hall–Kier alpha value is -1.97. The Morgan fingerprint density at radius 2 is 2.17 bits per heavy atom. The first-order chi connectivity index (χ1) is 8.70. The molecule has 1 aromatic heterocycles. The highest BCUT2D eigenvalue weighted by atomic mass is 16.4. The van der Waals surface area contributed by atoms with Crippen LogP contribution in [0.1, 0.15) is 19.8 Å². The average molecular weight is 246 g/mol. The van der Waals surface area contributed by atoms with Crippen molar-refractivity contribution in [2.45, 2.75) is 19.8 Å². The summed E-state index contributed by atoms with van der Waals surface area (Å²) in [6, 6.07) is 8.20. The van der Waals surface area contributed by atoms with Gasteiger partial charge in [0.2, 0.25) is 0 Å². The van der Waals surface area contributed by atoms with Crippen LogP contribution in [0, 0.1) is 0 Å². The monoisotopic (exact) mass is 246 g/mol. The molecule has 18 heavy (non-hydrogen) atoms. The van der Waals surface area contributed by atoms with Gasteiger partial charge in [0.15, 0.2) is 0 Å². The molecule has 0 aliphatic rings. The zero-order valence-electron chi connectivity index (χ0n) is 10.5. The van der Waals surface area contributed by atoms with Crippen molar-refractivity contribution < 1.29 is 9.90 Å². The van der Waals surface area contributed by atoms with Gasteiger partial charge in [0.25, 0.3) is 0 Å². The summed E-state index contributed by atoms with van der Waals surface area (Å²) in [7, 11) is 0. The molecule has 2 aromatic rings. The lowest BCUT2D eigenvalue weighted by Gasteiger charge is -2.23. The number of aliphatic carboxylic acids is 1. The third kappa shape index (κ3) is 2.83. The normalized spacial score (nSPS) is 10.7. The number of hydrogen-bond acceptors (Lipinski definition) is 2. The minimum absolute atomic E-state index is 0.172. The second-order valence-corrected chi connectivity index (χ2v) is 4.38. The van der Waals surface area contributed by atoms with E-state index >= 15 is 0 Å². The first kappa shape index (κ1) is 12.5. The minimum atomic E-state index is -0.751. The maximum absolute atomic E-state index is 10.7. The van der Waals surface area contributed by atoms with E-state index in [1.165, 1.54) is 0 Å². The summed E-state index contributed by atoms with van der Waals surface area (Å²) in [4.78, 5) is 16.0. The second kappa shape index (κ2) is 5.58. The lowest BCUT2D eigenvalue weighted by molar-refractivity contribution is -0.136. The summed E-state index contributed by atoms with van der Waals surface area (Å²) < 4.78 is 0. The molecule has 96 valence electrons. The number of rotatable bonds is 6. The first-order valence-electron chi connectivity index (χ1n) is 6.24. The Morgan fingerprint density at radius 1 is 1.33 bits per heavy atom. The van der Waals surface area contributed by atoms with Crippen LogP contribution >= 0.6 is 0 Å². The van der Waals surface area contributed by atoms with Crippen LogP contribution in [0.2, 0.25) is 0 Å². The quantitative estimate of drug-likeness (QED) is 0.824. The van der Waals surface area contributed by atoms with E-state index in [-0.39, 0.29) is 6.42 Å². The number of aromatic nitrogens is 1. The van der Waals surface area contributed by atoms with Crippen LogP contribution in [0.5, 0.6) is 0 Å². The lowest BCUT2D eigenvalue weighted by atomic mass is 10.2. The number of aromatic amines is 1. The van der Waals surface area contributed by atoms with Crippen molar-refractivity contribution in [3.05, 3.63) is 30.5 Å². The van der Waals surface area contributed by atoms with Gasteiger partial charge in [0.1, 0.15) is 0 Å². The number of carboxylic acid groups (broad SMARTS) is 1. The fourth-order valence-corrected chi connectivity index (χ4v) is 2.11. The van der Waals surface area contributed by atoms with Gasteiger partial charge in [-0.15, -0.1) is 0 Å². The fourth-order valence-electron chi connectivity index (χ4n) is 2.11. The van der Waals surface area contributed by atoms with Crippen LogP contribution in [0.15, 0.2) is 30.5 Å². The summed E-state index contributed by atoms with van der Waals surface area (Å²) in [5, 5.41) is 9.94. The number of nitrogens with one attached hydrogen (secondary N) is 1. The molecule has 0 unspecified atom stereocenters. The van der Waals surface area contributed by atoms with Gasteiger partial charge in [0.05, 0.1) is 6.42 Å². The third-order valence-electron chi connectivity index (χ3n) is 2.99. The molecule has 0 radical (unpaired) electrons. The van der Waals surface area contributed by atoms with Crippen LogP contribution in [0.4, 0.5) is 5.69 Å². The molecular weight excluding hydrogens is 228 g/mol. The first-order valence-corrected chi connectivity index (χ1v) is 6.24. The molecule has 2 rings (SSSR count). The van der Waals surface area contributed by atoms with Gasteiger partial charge in [-0.1, -0.05) is 6.92 Å². The summed E-state index contributed by atoms with van der Waals surface area (Å²) in [6.07, 6.45) is 3.09. The maximum Gasteiger partial charge on any atom is 0.305 e. The second-order valence-electron chi connectivity index (χ2n) is 4.38. The Morgan fingerprint density at radius 3 is 2.89 bits per heavy atom. The van der Waals surface area contributed by atoms with Crippen LogP contribution in [0.3, 0.4) is 0 Å². The van der Waals surface area contributed by atoms with E-state index in [4.69, 9.17) is 5.11 Å². The van der Waals surface area contributed by atoms with Gasteiger partial charge in [0, 0.05) is 35.9 Å². The number of anilines is 1. The fraction of sp³-hybridized carbons (Fsp3) is 0.357. The van der Waals surface area contributed by atoms with E-state index in [1.807, 2.05) is 24.4 Å². The molecule has 1 heterocycles. The minimum Gasteiger partial charge on any atom is -0.481 e. The molecule has 0 spiro atoms. The molecule has 2 N–H and O–H groups in total. The molecule has 0 saturated carbocycles. The number of fused-ring (bicyclic) bond motifs is 1. The summed E-state index contributed by atoms with van der Waals surface area (Å²) in [5.41, 5.74) is 2.19.